The molecular weight excluding hydrogens is 122 g/mol. The van der Waals surface area contributed by atoms with Gasteiger partial charge in [0, 0.05) is 11.4 Å². The summed E-state index contributed by atoms with van der Waals surface area (Å²) in [5.74, 6) is 2.61. The molecule has 0 saturated heterocycles. The molecule has 52 valence electrons. The first-order valence-corrected chi connectivity index (χ1v) is 3.32. The van der Waals surface area contributed by atoms with Gasteiger partial charge in [-0.25, -0.2) is 0 Å². The number of terminal acetylenes is 1. The summed E-state index contributed by atoms with van der Waals surface area (Å²) in [5.41, 5.74) is 2.46. The predicted octanol–water partition coefficient (Wildman–Crippen LogP) is 1.74. The maximum absolute atomic E-state index is 5.19. The highest BCUT2D eigenvalue weighted by Gasteiger charge is 1.96. The molecule has 0 saturated carbocycles. The van der Waals surface area contributed by atoms with Gasteiger partial charge in [0.15, 0.2) is 0 Å². The van der Waals surface area contributed by atoms with Crippen LogP contribution in [0.2, 0.25) is 0 Å². The summed E-state index contributed by atoms with van der Waals surface area (Å²) < 4.78 is 2.11. The zero-order valence-electron chi connectivity index (χ0n) is 6.39. The highest BCUT2D eigenvalue weighted by atomic mass is 15.0. The van der Waals surface area contributed by atoms with E-state index in [1.54, 1.807) is 0 Å². The third-order valence-corrected chi connectivity index (χ3v) is 1.67. The summed E-state index contributed by atoms with van der Waals surface area (Å²) in [4.78, 5) is 0. The first kappa shape index (κ1) is 6.95. The maximum atomic E-state index is 5.19. The van der Waals surface area contributed by atoms with Gasteiger partial charge >= 0.3 is 0 Å². The molecular formula is C9H11N. The third kappa shape index (κ3) is 1.06. The molecule has 1 rings (SSSR count). The molecule has 0 unspecified atom stereocenters. The van der Waals surface area contributed by atoms with Gasteiger partial charge in [-0.15, -0.1) is 6.42 Å². The van der Waals surface area contributed by atoms with Gasteiger partial charge in [0.25, 0.3) is 0 Å². The molecule has 0 aliphatic rings. The van der Waals surface area contributed by atoms with Crippen LogP contribution in [0.5, 0.6) is 0 Å². The summed E-state index contributed by atoms with van der Waals surface area (Å²) >= 11 is 0. The van der Waals surface area contributed by atoms with Crippen molar-refractivity contribution in [3.63, 3.8) is 0 Å². The average molecular weight is 133 g/mol. The Labute approximate surface area is 61.7 Å². The molecule has 0 aliphatic heterocycles. The van der Waals surface area contributed by atoms with E-state index in [1.165, 1.54) is 11.4 Å². The van der Waals surface area contributed by atoms with E-state index in [0.717, 1.165) is 0 Å². The Balaban J connectivity index is 3.01. The molecule has 0 radical (unpaired) electrons. The Bertz CT molecular complexity index is 243. The smallest absolute Gasteiger partial charge is 0.0834 e. The van der Waals surface area contributed by atoms with Crippen molar-refractivity contribution in [2.75, 3.05) is 0 Å². The van der Waals surface area contributed by atoms with Crippen molar-refractivity contribution in [3.8, 4) is 12.3 Å². The Hall–Kier alpha value is -1.16. The van der Waals surface area contributed by atoms with Crippen molar-refractivity contribution in [2.45, 2.75) is 20.4 Å². The topological polar surface area (TPSA) is 4.93 Å². The Morgan fingerprint density at radius 3 is 2.30 bits per heavy atom. The number of hydrogen-bond acceptors (Lipinski definition) is 0. The lowest BCUT2D eigenvalue weighted by Gasteiger charge is -2.02. The molecule has 0 N–H and O–H groups in total. The van der Waals surface area contributed by atoms with Crippen molar-refractivity contribution >= 4 is 0 Å². The van der Waals surface area contributed by atoms with Crippen molar-refractivity contribution in [1.29, 1.82) is 0 Å². The highest BCUT2D eigenvalue weighted by molar-refractivity contribution is 5.15. The normalized spacial score (nSPS) is 9.30. The van der Waals surface area contributed by atoms with Crippen LogP contribution >= 0.6 is 0 Å². The van der Waals surface area contributed by atoms with Gasteiger partial charge in [0.2, 0.25) is 0 Å². The van der Waals surface area contributed by atoms with Gasteiger partial charge in [0.1, 0.15) is 0 Å². The van der Waals surface area contributed by atoms with Crippen LogP contribution < -0.4 is 0 Å². The maximum Gasteiger partial charge on any atom is 0.0834 e. The van der Waals surface area contributed by atoms with Gasteiger partial charge in [-0.1, -0.05) is 5.92 Å². The van der Waals surface area contributed by atoms with Crippen molar-refractivity contribution < 1.29 is 0 Å². The zero-order chi connectivity index (χ0) is 7.56. The molecule has 10 heavy (non-hydrogen) atoms. The lowest BCUT2D eigenvalue weighted by atomic mass is 10.5. The summed E-state index contributed by atoms with van der Waals surface area (Å²) in [6, 6.07) is 4.15. The summed E-state index contributed by atoms with van der Waals surface area (Å²) in [6.45, 7) is 4.80. The fourth-order valence-corrected chi connectivity index (χ4v) is 1.04. The molecule has 0 spiro atoms. The van der Waals surface area contributed by atoms with Crippen LogP contribution in [0.4, 0.5) is 0 Å². The second-order valence-electron chi connectivity index (χ2n) is 2.41. The standard InChI is InChI=1S/C9H11N/c1-4-7-10-8(2)5-6-9(10)3/h1,5-6H,7H2,2-3H3. The number of hydrogen-bond donors (Lipinski definition) is 0. The lowest BCUT2D eigenvalue weighted by molar-refractivity contribution is 0.784. The molecule has 0 amide bonds. The second-order valence-corrected chi connectivity index (χ2v) is 2.41. The number of aromatic nitrogens is 1. The molecule has 0 aromatic carbocycles. The second kappa shape index (κ2) is 2.62. The van der Waals surface area contributed by atoms with Crippen LogP contribution in [-0.4, -0.2) is 4.57 Å². The number of rotatable bonds is 1. The predicted molar refractivity (Wildman–Crippen MR) is 42.7 cm³/mol. The lowest BCUT2D eigenvalue weighted by Crippen LogP contribution is -1.99. The largest absolute Gasteiger partial charge is 0.338 e. The van der Waals surface area contributed by atoms with E-state index in [-0.39, 0.29) is 0 Å². The van der Waals surface area contributed by atoms with Gasteiger partial charge in [0.05, 0.1) is 6.54 Å². The minimum Gasteiger partial charge on any atom is -0.338 e. The van der Waals surface area contributed by atoms with Gasteiger partial charge in [-0.3, -0.25) is 0 Å². The van der Waals surface area contributed by atoms with Crippen LogP contribution in [0.25, 0.3) is 0 Å². The molecule has 1 heterocycles. The highest BCUT2D eigenvalue weighted by Crippen LogP contribution is 2.05. The Morgan fingerprint density at radius 2 is 1.90 bits per heavy atom. The van der Waals surface area contributed by atoms with Crippen molar-refractivity contribution in [1.82, 2.24) is 4.57 Å². The summed E-state index contributed by atoms with van der Waals surface area (Å²) in [7, 11) is 0. The zero-order valence-corrected chi connectivity index (χ0v) is 6.39. The van der Waals surface area contributed by atoms with Crippen LogP contribution in [0.15, 0.2) is 12.1 Å². The van der Waals surface area contributed by atoms with E-state index in [9.17, 15) is 0 Å². The van der Waals surface area contributed by atoms with Gasteiger partial charge < -0.3 is 4.57 Å². The molecule has 0 fully saturated rings. The molecule has 0 atom stereocenters. The van der Waals surface area contributed by atoms with Crippen molar-refractivity contribution in [3.05, 3.63) is 23.5 Å². The van der Waals surface area contributed by atoms with Crippen molar-refractivity contribution in [2.24, 2.45) is 0 Å². The average Bonchev–Trinajstić information content (AvgIpc) is 2.20. The van der Waals surface area contributed by atoms with Gasteiger partial charge in [-0.05, 0) is 26.0 Å². The minimum absolute atomic E-state index is 0.685. The Kier molecular flexibility index (Phi) is 1.82. The minimum atomic E-state index is 0.685. The number of nitrogens with zero attached hydrogens (tertiary/aromatic N) is 1. The summed E-state index contributed by atoms with van der Waals surface area (Å²) in [5, 5.41) is 0. The third-order valence-electron chi connectivity index (χ3n) is 1.67. The fraction of sp³-hybridized carbons (Fsp3) is 0.333. The molecule has 0 aliphatic carbocycles. The van der Waals surface area contributed by atoms with Gasteiger partial charge in [-0.2, -0.15) is 0 Å². The van der Waals surface area contributed by atoms with E-state index in [1.807, 2.05) is 0 Å². The first-order valence-electron chi connectivity index (χ1n) is 3.32. The molecule has 1 nitrogen and oxygen atoms in total. The number of aryl methyl sites for hydroxylation is 2. The fourth-order valence-electron chi connectivity index (χ4n) is 1.04. The molecule has 1 aromatic rings. The van der Waals surface area contributed by atoms with Crippen LogP contribution in [0, 0.1) is 26.2 Å². The molecule has 1 aromatic heterocycles. The van der Waals surface area contributed by atoms with E-state index in [2.05, 4.69) is 36.5 Å². The van der Waals surface area contributed by atoms with E-state index >= 15 is 0 Å². The molecule has 1 heteroatoms. The van der Waals surface area contributed by atoms with E-state index < -0.39 is 0 Å². The molecule has 0 bridgehead atoms. The van der Waals surface area contributed by atoms with Crippen LogP contribution in [0.1, 0.15) is 11.4 Å². The SMILES string of the molecule is C#CCn1c(C)ccc1C. The Morgan fingerprint density at radius 1 is 1.40 bits per heavy atom. The van der Waals surface area contributed by atoms with Crippen LogP contribution in [-0.2, 0) is 6.54 Å². The van der Waals surface area contributed by atoms with E-state index in [0.29, 0.717) is 6.54 Å². The summed E-state index contributed by atoms with van der Waals surface area (Å²) in [6.07, 6.45) is 5.19. The quantitative estimate of drug-likeness (QED) is 0.514. The van der Waals surface area contributed by atoms with Crippen LogP contribution in [0.3, 0.4) is 0 Å². The van der Waals surface area contributed by atoms with E-state index in [4.69, 9.17) is 6.42 Å². The monoisotopic (exact) mass is 133 g/mol. The first-order chi connectivity index (χ1) is 4.75.